The number of benzene rings is 3. The lowest BCUT2D eigenvalue weighted by Gasteiger charge is -2.12. The first-order valence-electron chi connectivity index (χ1n) is 8.17. The van der Waals surface area contributed by atoms with Gasteiger partial charge in [-0.2, -0.15) is 0 Å². The standard InChI is InChI=1S/C21H16Cl2N2O2/c1-13-6-8-14(9-7-13)20(26)24-18-5-3-2-4-16(18)21(27)25-19-12-15(22)10-11-17(19)23/h2-12H,1H3,(H,24,26)(H,25,27). The number of carbonyl (C=O) groups is 2. The minimum absolute atomic E-state index is 0.295. The molecule has 0 aliphatic rings. The zero-order chi connectivity index (χ0) is 19.4. The SMILES string of the molecule is Cc1ccc(C(=O)Nc2ccccc2C(=O)Nc2cc(Cl)ccc2Cl)cc1. The van der Waals surface area contributed by atoms with Gasteiger partial charge in [0.1, 0.15) is 0 Å². The van der Waals surface area contributed by atoms with Crippen molar-refractivity contribution in [1.82, 2.24) is 0 Å². The average Bonchev–Trinajstić information content (AvgIpc) is 2.65. The molecule has 0 bridgehead atoms. The number of aryl methyl sites for hydroxylation is 1. The van der Waals surface area contributed by atoms with Crippen molar-refractivity contribution in [2.24, 2.45) is 0 Å². The number of carbonyl (C=O) groups excluding carboxylic acids is 2. The van der Waals surface area contributed by atoms with E-state index in [0.29, 0.717) is 32.5 Å². The molecular weight excluding hydrogens is 383 g/mol. The number of anilines is 2. The number of halogens is 2. The van der Waals surface area contributed by atoms with Crippen molar-refractivity contribution in [1.29, 1.82) is 0 Å². The van der Waals surface area contributed by atoms with E-state index in [1.54, 1.807) is 54.6 Å². The van der Waals surface area contributed by atoms with Crippen LogP contribution in [0.1, 0.15) is 26.3 Å². The molecule has 3 aromatic carbocycles. The largest absolute Gasteiger partial charge is 0.321 e. The van der Waals surface area contributed by atoms with E-state index in [4.69, 9.17) is 23.2 Å². The van der Waals surface area contributed by atoms with Gasteiger partial charge in [0, 0.05) is 10.6 Å². The lowest BCUT2D eigenvalue weighted by molar-refractivity contribution is 0.102. The van der Waals surface area contributed by atoms with Crippen molar-refractivity contribution in [3.63, 3.8) is 0 Å². The van der Waals surface area contributed by atoms with Crippen molar-refractivity contribution in [3.8, 4) is 0 Å². The van der Waals surface area contributed by atoms with E-state index >= 15 is 0 Å². The van der Waals surface area contributed by atoms with Crippen LogP contribution >= 0.6 is 23.2 Å². The van der Waals surface area contributed by atoms with Crippen molar-refractivity contribution in [3.05, 3.63) is 93.5 Å². The summed E-state index contributed by atoms with van der Waals surface area (Å²) in [5.41, 5.74) is 2.68. The Labute approximate surface area is 167 Å². The zero-order valence-corrected chi connectivity index (χ0v) is 15.9. The van der Waals surface area contributed by atoms with Crippen LogP contribution in [-0.2, 0) is 0 Å². The quantitative estimate of drug-likeness (QED) is 0.582. The molecule has 0 aromatic heterocycles. The molecule has 4 nitrogen and oxygen atoms in total. The highest BCUT2D eigenvalue weighted by Gasteiger charge is 2.15. The van der Waals surface area contributed by atoms with Crippen LogP contribution < -0.4 is 10.6 Å². The molecule has 0 aliphatic heterocycles. The summed E-state index contributed by atoms with van der Waals surface area (Å²) in [7, 11) is 0. The van der Waals surface area contributed by atoms with E-state index in [1.165, 1.54) is 0 Å². The molecule has 0 radical (unpaired) electrons. The smallest absolute Gasteiger partial charge is 0.257 e. The van der Waals surface area contributed by atoms with E-state index < -0.39 is 5.91 Å². The summed E-state index contributed by atoms with van der Waals surface area (Å²) in [6.45, 7) is 1.95. The fraction of sp³-hybridized carbons (Fsp3) is 0.0476. The molecule has 0 saturated heterocycles. The molecular formula is C21H16Cl2N2O2. The summed E-state index contributed by atoms with van der Waals surface area (Å²) in [6, 6.07) is 18.7. The Morgan fingerprint density at radius 3 is 2.19 bits per heavy atom. The maximum atomic E-state index is 12.7. The van der Waals surface area contributed by atoms with Gasteiger partial charge in [-0.25, -0.2) is 0 Å². The van der Waals surface area contributed by atoms with Crippen molar-refractivity contribution >= 4 is 46.4 Å². The third-order valence-corrected chi connectivity index (χ3v) is 4.47. The predicted octanol–water partition coefficient (Wildman–Crippen LogP) is 5.81. The molecule has 0 unspecified atom stereocenters. The number of nitrogens with one attached hydrogen (secondary N) is 2. The van der Waals surface area contributed by atoms with Gasteiger partial charge < -0.3 is 10.6 Å². The Morgan fingerprint density at radius 2 is 1.44 bits per heavy atom. The van der Waals surface area contributed by atoms with Crippen molar-refractivity contribution in [2.45, 2.75) is 6.92 Å². The van der Waals surface area contributed by atoms with Crippen LogP contribution in [-0.4, -0.2) is 11.8 Å². The van der Waals surface area contributed by atoms with Gasteiger partial charge in [0.15, 0.2) is 0 Å². The Morgan fingerprint density at radius 1 is 0.778 bits per heavy atom. The second kappa shape index (κ2) is 8.25. The lowest BCUT2D eigenvalue weighted by Crippen LogP contribution is -2.18. The third-order valence-electron chi connectivity index (χ3n) is 3.91. The summed E-state index contributed by atoms with van der Waals surface area (Å²) in [5, 5.41) is 6.33. The number of hydrogen-bond donors (Lipinski definition) is 2. The zero-order valence-electron chi connectivity index (χ0n) is 14.4. The van der Waals surface area contributed by atoms with Crippen LogP contribution in [0, 0.1) is 6.92 Å². The molecule has 2 N–H and O–H groups in total. The van der Waals surface area contributed by atoms with Crippen LogP contribution in [0.25, 0.3) is 0 Å². The summed E-state index contributed by atoms with van der Waals surface area (Å²) >= 11 is 12.1. The monoisotopic (exact) mass is 398 g/mol. The van der Waals surface area contributed by atoms with E-state index in [0.717, 1.165) is 5.56 Å². The Kier molecular flexibility index (Phi) is 5.79. The topological polar surface area (TPSA) is 58.2 Å². The van der Waals surface area contributed by atoms with Crippen LogP contribution in [0.2, 0.25) is 10.0 Å². The average molecular weight is 399 g/mol. The second-order valence-corrected chi connectivity index (χ2v) is 6.79. The first kappa shape index (κ1) is 19.0. The van der Waals surface area contributed by atoms with Crippen LogP contribution in [0.3, 0.4) is 0 Å². The maximum absolute atomic E-state index is 12.7. The molecule has 0 fully saturated rings. The molecule has 0 atom stereocenters. The van der Waals surface area contributed by atoms with Crippen molar-refractivity contribution < 1.29 is 9.59 Å². The van der Waals surface area contributed by atoms with E-state index in [9.17, 15) is 9.59 Å². The summed E-state index contributed by atoms with van der Waals surface area (Å²) in [5.74, 6) is -0.699. The van der Waals surface area contributed by atoms with Gasteiger partial charge in [-0.1, -0.05) is 53.0 Å². The van der Waals surface area contributed by atoms with Gasteiger partial charge in [-0.05, 0) is 49.4 Å². The van der Waals surface area contributed by atoms with Gasteiger partial charge in [0.25, 0.3) is 11.8 Å². The van der Waals surface area contributed by atoms with Gasteiger partial charge in [-0.15, -0.1) is 0 Å². The molecule has 3 rings (SSSR count). The van der Waals surface area contributed by atoms with Gasteiger partial charge in [0.05, 0.1) is 22.0 Å². The minimum atomic E-state index is -0.404. The summed E-state index contributed by atoms with van der Waals surface area (Å²) in [4.78, 5) is 25.2. The van der Waals surface area contributed by atoms with E-state index in [-0.39, 0.29) is 5.91 Å². The Bertz CT molecular complexity index is 1000. The first-order chi connectivity index (χ1) is 12.9. The second-order valence-electron chi connectivity index (χ2n) is 5.94. The van der Waals surface area contributed by atoms with Crippen molar-refractivity contribution in [2.75, 3.05) is 10.6 Å². The fourth-order valence-corrected chi connectivity index (χ4v) is 2.81. The molecule has 27 heavy (non-hydrogen) atoms. The Balaban J connectivity index is 1.83. The minimum Gasteiger partial charge on any atom is -0.321 e. The van der Waals surface area contributed by atoms with Crippen LogP contribution in [0.4, 0.5) is 11.4 Å². The molecule has 6 heteroatoms. The molecule has 0 aliphatic carbocycles. The maximum Gasteiger partial charge on any atom is 0.257 e. The lowest BCUT2D eigenvalue weighted by atomic mass is 10.1. The Hall–Kier alpha value is -2.82. The summed E-state index contributed by atoms with van der Waals surface area (Å²) < 4.78 is 0. The predicted molar refractivity (Wildman–Crippen MR) is 110 cm³/mol. The molecule has 2 amide bonds. The highest BCUT2D eigenvalue weighted by Crippen LogP contribution is 2.27. The highest BCUT2D eigenvalue weighted by atomic mass is 35.5. The van der Waals surface area contributed by atoms with Crippen LogP contribution in [0.15, 0.2) is 66.7 Å². The number of hydrogen-bond acceptors (Lipinski definition) is 2. The summed E-state index contributed by atoms with van der Waals surface area (Å²) in [6.07, 6.45) is 0. The van der Waals surface area contributed by atoms with E-state index in [1.807, 2.05) is 19.1 Å². The van der Waals surface area contributed by atoms with Gasteiger partial charge in [0.2, 0.25) is 0 Å². The van der Waals surface area contributed by atoms with Gasteiger partial charge >= 0.3 is 0 Å². The normalized spacial score (nSPS) is 10.3. The number of para-hydroxylation sites is 1. The third kappa shape index (κ3) is 4.67. The van der Waals surface area contributed by atoms with Gasteiger partial charge in [-0.3, -0.25) is 9.59 Å². The molecule has 0 spiro atoms. The highest BCUT2D eigenvalue weighted by molar-refractivity contribution is 6.36. The molecule has 3 aromatic rings. The molecule has 0 heterocycles. The van der Waals surface area contributed by atoms with Crippen LogP contribution in [0.5, 0.6) is 0 Å². The first-order valence-corrected chi connectivity index (χ1v) is 8.93. The number of amides is 2. The molecule has 0 saturated carbocycles. The molecule has 136 valence electrons. The number of rotatable bonds is 4. The fourth-order valence-electron chi connectivity index (χ4n) is 2.47. The van der Waals surface area contributed by atoms with E-state index in [2.05, 4.69) is 10.6 Å².